The Bertz CT molecular complexity index is 1390. The van der Waals surface area contributed by atoms with Gasteiger partial charge >= 0.3 is 0 Å². The molecule has 0 fully saturated rings. The van der Waals surface area contributed by atoms with Gasteiger partial charge < -0.3 is 20.0 Å². The molecule has 3 aromatic heterocycles. The fourth-order valence-electron chi connectivity index (χ4n) is 3.68. The fraction of sp³-hybridized carbons (Fsp3) is 0.0952. The number of halogens is 1. The van der Waals surface area contributed by atoms with E-state index >= 15 is 0 Å². The van der Waals surface area contributed by atoms with Crippen molar-refractivity contribution in [2.75, 3.05) is 12.8 Å². The van der Waals surface area contributed by atoms with Gasteiger partial charge in [-0.05, 0) is 36.4 Å². The molecule has 0 aliphatic rings. The van der Waals surface area contributed by atoms with Crippen LogP contribution in [0.15, 0.2) is 48.8 Å². The van der Waals surface area contributed by atoms with Crippen molar-refractivity contribution >= 4 is 27.8 Å². The second-order valence-corrected chi connectivity index (χ2v) is 6.80. The number of aromatic nitrogens is 5. The van der Waals surface area contributed by atoms with Gasteiger partial charge in [-0.25, -0.2) is 9.37 Å². The van der Waals surface area contributed by atoms with E-state index in [1.165, 1.54) is 12.1 Å². The number of H-pyrrole nitrogens is 1. The van der Waals surface area contributed by atoms with Crippen molar-refractivity contribution in [2.45, 2.75) is 0 Å². The zero-order valence-corrected chi connectivity index (χ0v) is 15.8. The quantitative estimate of drug-likeness (QED) is 0.489. The summed E-state index contributed by atoms with van der Waals surface area (Å²) in [5.74, 6) is 0.453. The van der Waals surface area contributed by atoms with Crippen molar-refractivity contribution in [1.82, 2.24) is 24.7 Å². The molecule has 0 aliphatic carbocycles. The van der Waals surface area contributed by atoms with Crippen molar-refractivity contribution in [3.63, 3.8) is 0 Å². The molecule has 3 N–H and O–H groups in total. The Balaban J connectivity index is 1.82. The number of benzene rings is 2. The molecule has 0 radical (unpaired) electrons. The van der Waals surface area contributed by atoms with Gasteiger partial charge in [-0.2, -0.15) is 0 Å². The van der Waals surface area contributed by atoms with Crippen LogP contribution >= 0.6 is 0 Å². The van der Waals surface area contributed by atoms with Gasteiger partial charge in [-0.15, -0.1) is 10.2 Å². The lowest BCUT2D eigenvalue weighted by atomic mass is 10.0. The molecule has 0 spiro atoms. The van der Waals surface area contributed by atoms with E-state index in [-0.39, 0.29) is 11.8 Å². The van der Waals surface area contributed by atoms with E-state index in [1.807, 2.05) is 36.0 Å². The van der Waals surface area contributed by atoms with Crippen molar-refractivity contribution in [2.24, 2.45) is 7.05 Å². The van der Waals surface area contributed by atoms with Crippen LogP contribution in [0.1, 0.15) is 0 Å². The Kier molecular flexibility index (Phi) is 3.73. The van der Waals surface area contributed by atoms with Gasteiger partial charge in [-0.3, -0.25) is 0 Å². The number of fused-ring (bicyclic) bond motifs is 2. The van der Waals surface area contributed by atoms with Crippen LogP contribution in [0.3, 0.4) is 0 Å². The van der Waals surface area contributed by atoms with Crippen LogP contribution in [0.25, 0.3) is 44.3 Å². The minimum Gasteiger partial charge on any atom is -0.497 e. The maximum atomic E-state index is 13.9. The number of nitrogens with two attached hydrogens (primary N) is 1. The van der Waals surface area contributed by atoms with Crippen LogP contribution in [0.2, 0.25) is 0 Å². The van der Waals surface area contributed by atoms with Crippen molar-refractivity contribution < 1.29 is 9.13 Å². The molecule has 0 saturated heterocycles. The molecule has 0 saturated carbocycles. The van der Waals surface area contributed by atoms with Gasteiger partial charge in [-0.1, -0.05) is 0 Å². The summed E-state index contributed by atoms with van der Waals surface area (Å²) in [4.78, 5) is 7.60. The topological polar surface area (TPSA) is 94.6 Å². The first-order valence-electron chi connectivity index (χ1n) is 8.96. The number of nitrogens with one attached hydrogen (secondary N) is 1. The molecule has 0 bridgehead atoms. The highest BCUT2D eigenvalue weighted by atomic mass is 19.1. The highest BCUT2D eigenvalue weighted by Crippen LogP contribution is 2.38. The summed E-state index contributed by atoms with van der Waals surface area (Å²) in [7, 11) is 3.58. The molecule has 0 unspecified atom stereocenters. The molecule has 144 valence electrons. The first kappa shape index (κ1) is 17.2. The first-order valence-corrected chi connectivity index (χ1v) is 8.96. The number of ether oxygens (including phenoxy) is 1. The number of methoxy groups -OCH3 is 1. The van der Waals surface area contributed by atoms with E-state index in [4.69, 9.17) is 10.5 Å². The Morgan fingerprint density at radius 2 is 1.90 bits per heavy atom. The average Bonchev–Trinajstić information content (AvgIpc) is 3.28. The van der Waals surface area contributed by atoms with Gasteiger partial charge in [0.15, 0.2) is 0 Å². The fourth-order valence-corrected chi connectivity index (χ4v) is 3.68. The summed E-state index contributed by atoms with van der Waals surface area (Å²) in [6, 6.07) is 10.4. The highest BCUT2D eigenvalue weighted by molar-refractivity contribution is 6.03. The third-order valence-corrected chi connectivity index (χ3v) is 5.05. The number of hydrogen-bond donors (Lipinski definition) is 2. The average molecular weight is 388 g/mol. The number of nitrogen functional groups attached to an aromatic ring is 1. The molecular formula is C21H17FN6O. The molecule has 29 heavy (non-hydrogen) atoms. The van der Waals surface area contributed by atoms with Crippen LogP contribution in [0.5, 0.6) is 5.75 Å². The normalized spacial score (nSPS) is 11.4. The van der Waals surface area contributed by atoms with Crippen LogP contribution in [-0.4, -0.2) is 31.8 Å². The molecule has 0 aliphatic heterocycles. The lowest BCUT2D eigenvalue weighted by Crippen LogP contribution is -2.02. The molecule has 7 nitrogen and oxygen atoms in total. The number of hydrogen-bond acceptors (Lipinski definition) is 5. The summed E-state index contributed by atoms with van der Waals surface area (Å²) in [6.07, 6.45) is 3.74. The largest absolute Gasteiger partial charge is 0.497 e. The van der Waals surface area contributed by atoms with Gasteiger partial charge in [0.2, 0.25) is 5.95 Å². The van der Waals surface area contributed by atoms with Gasteiger partial charge in [0.1, 0.15) is 23.0 Å². The van der Waals surface area contributed by atoms with Crippen LogP contribution in [-0.2, 0) is 7.05 Å². The van der Waals surface area contributed by atoms with E-state index in [1.54, 1.807) is 19.4 Å². The van der Waals surface area contributed by atoms with Crippen LogP contribution in [0, 0.1) is 5.82 Å². The number of anilines is 1. The number of rotatable bonds is 3. The Morgan fingerprint density at radius 1 is 1.03 bits per heavy atom. The monoisotopic (exact) mass is 388 g/mol. The highest BCUT2D eigenvalue weighted by Gasteiger charge is 2.20. The molecule has 5 aromatic rings. The molecule has 2 aromatic carbocycles. The Morgan fingerprint density at radius 3 is 2.72 bits per heavy atom. The maximum Gasteiger partial charge on any atom is 0.240 e. The molecule has 8 heteroatoms. The van der Waals surface area contributed by atoms with Gasteiger partial charge in [0.05, 0.1) is 7.11 Å². The third-order valence-electron chi connectivity index (χ3n) is 5.05. The molecule has 0 amide bonds. The predicted octanol–water partition coefficient (Wildman–Crippen LogP) is 3.91. The van der Waals surface area contributed by atoms with E-state index in [0.717, 1.165) is 27.7 Å². The zero-order chi connectivity index (χ0) is 20.1. The van der Waals surface area contributed by atoms with E-state index in [0.29, 0.717) is 22.3 Å². The SMILES string of the molecule is COc1ccc2c(c1)c(-c1nnc(N)nc1-c1c[nH]c3ccc(F)cc13)cn2C. The number of aromatic amines is 1. The second-order valence-electron chi connectivity index (χ2n) is 6.80. The first-order chi connectivity index (χ1) is 14.0. The van der Waals surface area contributed by atoms with Crippen molar-refractivity contribution in [3.8, 4) is 28.3 Å². The third kappa shape index (κ3) is 2.68. The van der Waals surface area contributed by atoms with Gasteiger partial charge in [0, 0.05) is 52.4 Å². The van der Waals surface area contributed by atoms with E-state index in [2.05, 4.69) is 20.2 Å². The van der Waals surface area contributed by atoms with Crippen LogP contribution in [0.4, 0.5) is 10.3 Å². The van der Waals surface area contributed by atoms with Gasteiger partial charge in [0.25, 0.3) is 0 Å². The van der Waals surface area contributed by atoms with E-state index < -0.39 is 0 Å². The number of nitrogens with zero attached hydrogens (tertiary/aromatic N) is 4. The molecule has 5 rings (SSSR count). The molecular weight excluding hydrogens is 371 g/mol. The lowest BCUT2D eigenvalue weighted by Gasteiger charge is -2.07. The predicted molar refractivity (Wildman–Crippen MR) is 110 cm³/mol. The smallest absolute Gasteiger partial charge is 0.240 e. The molecule has 0 atom stereocenters. The summed E-state index contributed by atoms with van der Waals surface area (Å²) in [5.41, 5.74) is 10.3. The Hall–Kier alpha value is -3.94. The second kappa shape index (κ2) is 6.30. The van der Waals surface area contributed by atoms with Crippen molar-refractivity contribution in [1.29, 1.82) is 0 Å². The van der Waals surface area contributed by atoms with Crippen LogP contribution < -0.4 is 10.5 Å². The minimum absolute atomic E-state index is 0.0484. The summed E-state index contributed by atoms with van der Waals surface area (Å²) in [5, 5.41) is 9.97. The van der Waals surface area contributed by atoms with E-state index in [9.17, 15) is 4.39 Å². The van der Waals surface area contributed by atoms with Crippen molar-refractivity contribution in [3.05, 3.63) is 54.6 Å². The maximum absolute atomic E-state index is 13.9. The minimum atomic E-state index is -0.329. The molecule has 3 heterocycles. The number of aryl methyl sites for hydroxylation is 1. The lowest BCUT2D eigenvalue weighted by molar-refractivity contribution is 0.415. The summed E-state index contributed by atoms with van der Waals surface area (Å²) in [6.45, 7) is 0. The summed E-state index contributed by atoms with van der Waals surface area (Å²) < 4.78 is 21.3. The standard InChI is InChI=1S/C21H17FN6O/c1-28-10-16(14-8-12(29-2)4-6-18(14)28)20-19(25-21(23)27-26-20)15-9-24-17-5-3-11(22)7-13(15)17/h3-10,24H,1-2H3,(H2,23,25,27). The Labute approximate surface area is 165 Å². The zero-order valence-electron chi connectivity index (χ0n) is 15.8. The summed E-state index contributed by atoms with van der Waals surface area (Å²) >= 11 is 0.